The molecule has 8 nitrogen and oxygen atoms in total. The number of carbonyl (C=O) groups excluding carboxylic acids is 2. The molecule has 24 heavy (non-hydrogen) atoms. The Morgan fingerprint density at radius 1 is 1.38 bits per heavy atom. The second-order valence-corrected chi connectivity index (χ2v) is 6.25. The predicted octanol–water partition coefficient (Wildman–Crippen LogP) is 0.993. The molecule has 1 aliphatic heterocycles. The number of carbonyl (C=O) groups is 2. The van der Waals surface area contributed by atoms with Crippen LogP contribution in [0, 0.1) is 5.92 Å². The third-order valence-corrected chi connectivity index (χ3v) is 4.41. The van der Waals surface area contributed by atoms with E-state index in [-0.39, 0.29) is 17.6 Å². The van der Waals surface area contributed by atoms with Crippen molar-refractivity contribution in [1.82, 2.24) is 24.6 Å². The van der Waals surface area contributed by atoms with E-state index in [1.165, 1.54) is 13.4 Å². The van der Waals surface area contributed by atoms with Crippen LogP contribution in [-0.4, -0.2) is 70.2 Å². The molecule has 0 spiro atoms. The maximum atomic E-state index is 12.4. The second kappa shape index (κ2) is 8.77. The van der Waals surface area contributed by atoms with E-state index < -0.39 is 5.97 Å². The molecule has 1 aliphatic rings. The number of amides is 1. The zero-order valence-electron chi connectivity index (χ0n) is 14.8. The first-order chi connectivity index (χ1) is 11.5. The zero-order chi connectivity index (χ0) is 17.5. The van der Waals surface area contributed by atoms with Crippen molar-refractivity contribution in [3.63, 3.8) is 0 Å². The molecule has 2 rings (SSSR count). The van der Waals surface area contributed by atoms with Crippen molar-refractivity contribution in [1.29, 1.82) is 0 Å². The fraction of sp³-hybridized carbons (Fsp3) is 0.750. The Kier molecular flexibility index (Phi) is 6.72. The summed E-state index contributed by atoms with van der Waals surface area (Å²) in [6.07, 6.45) is 5.39. The van der Waals surface area contributed by atoms with Gasteiger partial charge in [-0.05, 0) is 19.3 Å². The van der Waals surface area contributed by atoms with Gasteiger partial charge in [-0.15, -0.1) is 5.10 Å². The molecule has 0 bridgehead atoms. The smallest absolute Gasteiger partial charge is 0.377 e. The minimum absolute atomic E-state index is 0.0695. The van der Waals surface area contributed by atoms with Gasteiger partial charge >= 0.3 is 5.97 Å². The SMILES string of the molecule is CCCCN(C)C(=O)C1CCN(Cn2cnc(C(=O)OC)n2)CC1. The Morgan fingerprint density at radius 2 is 2.08 bits per heavy atom. The van der Waals surface area contributed by atoms with E-state index in [0.29, 0.717) is 6.67 Å². The van der Waals surface area contributed by atoms with Gasteiger partial charge in [0.1, 0.15) is 6.33 Å². The number of nitrogens with zero attached hydrogens (tertiary/aromatic N) is 5. The summed E-state index contributed by atoms with van der Waals surface area (Å²) in [7, 11) is 3.20. The van der Waals surface area contributed by atoms with Gasteiger partial charge in [0.25, 0.3) is 5.82 Å². The maximum absolute atomic E-state index is 12.4. The van der Waals surface area contributed by atoms with Crippen molar-refractivity contribution in [2.45, 2.75) is 39.3 Å². The lowest BCUT2D eigenvalue weighted by atomic mass is 9.95. The predicted molar refractivity (Wildman–Crippen MR) is 88.2 cm³/mol. The zero-order valence-corrected chi connectivity index (χ0v) is 14.8. The van der Waals surface area contributed by atoms with Gasteiger partial charge < -0.3 is 9.64 Å². The molecule has 1 amide bonds. The van der Waals surface area contributed by atoms with Crippen molar-refractivity contribution < 1.29 is 14.3 Å². The molecule has 0 N–H and O–H groups in total. The lowest BCUT2D eigenvalue weighted by Crippen LogP contribution is -2.42. The van der Waals surface area contributed by atoms with Crippen LogP contribution in [0.3, 0.4) is 0 Å². The van der Waals surface area contributed by atoms with E-state index in [9.17, 15) is 9.59 Å². The van der Waals surface area contributed by atoms with Crippen molar-refractivity contribution in [2.75, 3.05) is 33.8 Å². The first kappa shape index (κ1) is 18.4. The number of aromatic nitrogens is 3. The van der Waals surface area contributed by atoms with Gasteiger partial charge in [0.05, 0.1) is 13.8 Å². The second-order valence-electron chi connectivity index (χ2n) is 6.25. The van der Waals surface area contributed by atoms with Gasteiger partial charge in [-0.1, -0.05) is 13.3 Å². The van der Waals surface area contributed by atoms with Gasteiger partial charge in [0.2, 0.25) is 5.91 Å². The van der Waals surface area contributed by atoms with E-state index in [1.807, 2.05) is 11.9 Å². The molecule has 0 aromatic carbocycles. The molecule has 134 valence electrons. The Labute approximate surface area is 142 Å². The summed E-state index contributed by atoms with van der Waals surface area (Å²) in [6.45, 7) is 5.21. The summed E-state index contributed by atoms with van der Waals surface area (Å²) in [5, 5.41) is 4.11. The molecule has 0 atom stereocenters. The fourth-order valence-electron chi connectivity index (χ4n) is 2.89. The van der Waals surface area contributed by atoms with Crippen LogP contribution in [-0.2, 0) is 16.2 Å². The van der Waals surface area contributed by atoms with Crippen LogP contribution in [0.4, 0.5) is 0 Å². The molecule has 0 aliphatic carbocycles. The largest absolute Gasteiger partial charge is 0.463 e. The lowest BCUT2D eigenvalue weighted by molar-refractivity contribution is -0.135. The van der Waals surface area contributed by atoms with Gasteiger partial charge in [-0.3, -0.25) is 9.69 Å². The summed E-state index contributed by atoms with van der Waals surface area (Å²) in [5.41, 5.74) is 0. The van der Waals surface area contributed by atoms with E-state index in [1.54, 1.807) is 4.68 Å². The molecule has 1 saturated heterocycles. The Bertz CT molecular complexity index is 552. The molecule has 0 saturated carbocycles. The van der Waals surface area contributed by atoms with E-state index in [2.05, 4.69) is 26.6 Å². The molecule has 8 heteroatoms. The number of hydrogen-bond donors (Lipinski definition) is 0. The molecule has 1 aromatic rings. The molecule has 1 fully saturated rings. The van der Waals surface area contributed by atoms with Crippen LogP contribution in [0.2, 0.25) is 0 Å². The summed E-state index contributed by atoms with van der Waals surface area (Å²) in [4.78, 5) is 31.8. The van der Waals surface area contributed by atoms with E-state index >= 15 is 0 Å². The number of ether oxygens (including phenoxy) is 1. The highest BCUT2D eigenvalue weighted by Crippen LogP contribution is 2.19. The van der Waals surface area contributed by atoms with E-state index in [0.717, 1.165) is 45.3 Å². The number of hydrogen-bond acceptors (Lipinski definition) is 6. The van der Waals surface area contributed by atoms with Crippen LogP contribution >= 0.6 is 0 Å². The van der Waals surface area contributed by atoms with Crippen LogP contribution < -0.4 is 0 Å². The third kappa shape index (κ3) is 4.77. The normalized spacial score (nSPS) is 16.1. The van der Waals surface area contributed by atoms with Crippen LogP contribution in [0.5, 0.6) is 0 Å². The topological polar surface area (TPSA) is 80.6 Å². The van der Waals surface area contributed by atoms with Gasteiger partial charge in [0.15, 0.2) is 0 Å². The molecule has 0 unspecified atom stereocenters. The number of esters is 1. The Hall–Kier alpha value is -1.96. The van der Waals surface area contributed by atoms with Crippen molar-refractivity contribution >= 4 is 11.9 Å². The highest BCUT2D eigenvalue weighted by atomic mass is 16.5. The van der Waals surface area contributed by atoms with Crippen LogP contribution in [0.15, 0.2) is 6.33 Å². The quantitative estimate of drug-likeness (QED) is 0.690. The van der Waals surface area contributed by atoms with Crippen molar-refractivity contribution in [3.8, 4) is 0 Å². The molecule has 0 radical (unpaired) electrons. The highest BCUT2D eigenvalue weighted by molar-refractivity contribution is 5.84. The molecular weight excluding hydrogens is 310 g/mol. The summed E-state index contributed by atoms with van der Waals surface area (Å²) in [6, 6.07) is 0. The van der Waals surface area contributed by atoms with Crippen LogP contribution in [0.1, 0.15) is 43.2 Å². The minimum atomic E-state index is -0.534. The van der Waals surface area contributed by atoms with Gasteiger partial charge in [-0.2, -0.15) is 0 Å². The van der Waals surface area contributed by atoms with Crippen molar-refractivity contribution in [3.05, 3.63) is 12.2 Å². The Morgan fingerprint density at radius 3 is 2.71 bits per heavy atom. The third-order valence-electron chi connectivity index (χ3n) is 4.41. The standard InChI is InChI=1S/C16H27N5O3/c1-4-5-8-19(2)15(22)13-6-9-20(10-7-13)12-21-11-17-14(18-21)16(23)24-3/h11,13H,4-10,12H2,1-3H3. The number of likely N-dealkylation sites (tertiary alicyclic amines) is 1. The number of methoxy groups -OCH3 is 1. The monoisotopic (exact) mass is 337 g/mol. The number of rotatable bonds is 7. The Balaban J connectivity index is 1.79. The maximum Gasteiger partial charge on any atom is 0.377 e. The van der Waals surface area contributed by atoms with E-state index in [4.69, 9.17) is 0 Å². The molecule has 2 heterocycles. The fourth-order valence-corrected chi connectivity index (χ4v) is 2.89. The van der Waals surface area contributed by atoms with Gasteiger partial charge in [-0.25, -0.2) is 14.5 Å². The minimum Gasteiger partial charge on any atom is -0.463 e. The molecule has 1 aromatic heterocycles. The summed E-state index contributed by atoms with van der Waals surface area (Å²) >= 11 is 0. The van der Waals surface area contributed by atoms with Gasteiger partial charge in [0, 0.05) is 32.6 Å². The number of unbranched alkanes of at least 4 members (excludes halogenated alkanes) is 1. The summed E-state index contributed by atoms with van der Waals surface area (Å²) in [5.74, 6) is -0.0883. The summed E-state index contributed by atoms with van der Waals surface area (Å²) < 4.78 is 6.22. The first-order valence-electron chi connectivity index (χ1n) is 8.50. The lowest BCUT2D eigenvalue weighted by Gasteiger charge is -2.32. The van der Waals surface area contributed by atoms with Crippen LogP contribution in [0.25, 0.3) is 0 Å². The highest BCUT2D eigenvalue weighted by Gasteiger charge is 2.27. The first-order valence-corrected chi connectivity index (χ1v) is 8.50. The number of piperidine rings is 1. The average molecular weight is 337 g/mol. The molecular formula is C16H27N5O3. The van der Waals surface area contributed by atoms with Crippen molar-refractivity contribution in [2.24, 2.45) is 5.92 Å². The average Bonchev–Trinajstić information content (AvgIpc) is 3.07.